The minimum absolute atomic E-state index is 0.0394. The standard InChI is InChI=1S/C18H16BrF3N2O2/c19-11-5-10-13(6-12(11)20)24(9-3-4-9)17(25)15-14(10)23-16(8-1-2-8)18(21,22)7-26-15/h5-6,8-9,16,23H,1-4,7H2. The number of nitrogens with zero attached hydrogens (tertiary/aromatic N) is 1. The molecular weight excluding hydrogens is 413 g/mol. The van der Waals surface area contributed by atoms with Crippen LogP contribution in [0.5, 0.6) is 5.75 Å². The number of ether oxygens (including phenoxy) is 1. The molecule has 1 aliphatic heterocycles. The molecule has 1 unspecified atom stereocenters. The molecule has 8 heteroatoms. The molecule has 0 spiro atoms. The van der Waals surface area contributed by atoms with Crippen molar-refractivity contribution in [1.29, 1.82) is 0 Å². The number of benzene rings is 1. The van der Waals surface area contributed by atoms with E-state index >= 15 is 0 Å². The summed E-state index contributed by atoms with van der Waals surface area (Å²) in [5.41, 5.74) is 0.181. The summed E-state index contributed by atoms with van der Waals surface area (Å²) in [6.07, 6.45) is 3.05. The second-order valence-electron chi connectivity index (χ2n) is 7.40. The number of nitrogens with one attached hydrogen (secondary N) is 1. The smallest absolute Gasteiger partial charge is 0.301 e. The van der Waals surface area contributed by atoms with Gasteiger partial charge in [-0.05, 0) is 59.7 Å². The van der Waals surface area contributed by atoms with E-state index in [1.165, 1.54) is 16.7 Å². The van der Waals surface area contributed by atoms with Crippen molar-refractivity contribution in [2.45, 2.75) is 43.7 Å². The van der Waals surface area contributed by atoms with E-state index in [0.29, 0.717) is 10.9 Å². The first kappa shape index (κ1) is 16.5. The van der Waals surface area contributed by atoms with E-state index in [1.807, 2.05) is 0 Å². The van der Waals surface area contributed by atoms with Crippen molar-refractivity contribution in [3.05, 3.63) is 32.8 Å². The molecule has 4 nitrogen and oxygen atoms in total. The molecule has 2 fully saturated rings. The lowest BCUT2D eigenvalue weighted by Crippen LogP contribution is -2.44. The Morgan fingerprint density at radius 2 is 1.96 bits per heavy atom. The Balaban J connectivity index is 1.80. The van der Waals surface area contributed by atoms with Crippen molar-refractivity contribution < 1.29 is 17.9 Å². The maximum atomic E-state index is 14.6. The highest BCUT2D eigenvalue weighted by Crippen LogP contribution is 2.47. The Morgan fingerprint density at radius 1 is 1.23 bits per heavy atom. The van der Waals surface area contributed by atoms with Gasteiger partial charge in [0.15, 0.2) is 6.61 Å². The van der Waals surface area contributed by atoms with Crippen molar-refractivity contribution in [3.63, 3.8) is 0 Å². The summed E-state index contributed by atoms with van der Waals surface area (Å²) in [7, 11) is 0. The van der Waals surface area contributed by atoms with Crippen LogP contribution in [-0.2, 0) is 0 Å². The van der Waals surface area contributed by atoms with E-state index in [9.17, 15) is 18.0 Å². The zero-order valence-corrected chi connectivity index (χ0v) is 15.3. The van der Waals surface area contributed by atoms with E-state index < -0.39 is 29.9 Å². The van der Waals surface area contributed by atoms with Crippen molar-refractivity contribution >= 4 is 32.5 Å². The maximum absolute atomic E-state index is 14.6. The molecule has 2 heterocycles. The Hall–Kier alpha value is -1.70. The van der Waals surface area contributed by atoms with Gasteiger partial charge in [0.1, 0.15) is 5.82 Å². The van der Waals surface area contributed by atoms with Crippen molar-refractivity contribution in [3.8, 4) is 5.75 Å². The van der Waals surface area contributed by atoms with Crippen LogP contribution in [0.15, 0.2) is 21.4 Å². The van der Waals surface area contributed by atoms with Crippen LogP contribution in [0.2, 0.25) is 0 Å². The molecule has 3 aliphatic rings. The first-order valence-corrected chi connectivity index (χ1v) is 9.50. The van der Waals surface area contributed by atoms with Crippen LogP contribution in [-0.4, -0.2) is 23.1 Å². The highest BCUT2D eigenvalue weighted by atomic mass is 79.9. The number of alkyl halides is 2. The summed E-state index contributed by atoms with van der Waals surface area (Å²) < 4.78 is 50.3. The first-order valence-electron chi connectivity index (χ1n) is 8.71. The van der Waals surface area contributed by atoms with Crippen LogP contribution in [0.25, 0.3) is 10.9 Å². The molecule has 0 amide bonds. The van der Waals surface area contributed by atoms with Gasteiger partial charge in [0.2, 0.25) is 5.75 Å². The number of rotatable bonds is 2. The van der Waals surface area contributed by atoms with Crippen LogP contribution in [0.4, 0.5) is 18.9 Å². The fourth-order valence-electron chi connectivity index (χ4n) is 3.77. The quantitative estimate of drug-likeness (QED) is 0.767. The number of hydrogen-bond donors (Lipinski definition) is 1. The molecule has 0 bridgehead atoms. The molecular formula is C18H16BrF3N2O2. The monoisotopic (exact) mass is 428 g/mol. The van der Waals surface area contributed by atoms with E-state index in [-0.39, 0.29) is 27.9 Å². The van der Waals surface area contributed by atoms with Crippen molar-refractivity contribution in [2.24, 2.45) is 5.92 Å². The van der Waals surface area contributed by atoms with Gasteiger partial charge >= 0.3 is 5.92 Å². The molecule has 2 aliphatic carbocycles. The molecule has 2 saturated carbocycles. The molecule has 2 aromatic rings. The SMILES string of the molecule is O=c1c2c(c3cc(Br)c(F)cc3n1C1CC1)NC(C1CC1)C(F)(F)CO2. The number of pyridine rings is 1. The Kier molecular flexibility index (Phi) is 3.42. The lowest BCUT2D eigenvalue weighted by atomic mass is 10.0. The predicted molar refractivity (Wildman–Crippen MR) is 94.7 cm³/mol. The summed E-state index contributed by atoms with van der Waals surface area (Å²) in [5, 5.41) is 3.41. The third kappa shape index (κ3) is 2.45. The zero-order valence-electron chi connectivity index (χ0n) is 13.7. The molecule has 26 heavy (non-hydrogen) atoms. The number of aromatic nitrogens is 1. The van der Waals surface area contributed by atoms with Gasteiger partial charge in [0.05, 0.1) is 21.7 Å². The van der Waals surface area contributed by atoms with Crippen LogP contribution in [0, 0.1) is 11.7 Å². The Bertz CT molecular complexity index is 983. The highest BCUT2D eigenvalue weighted by molar-refractivity contribution is 9.10. The molecule has 0 radical (unpaired) electrons. The first-order chi connectivity index (χ1) is 12.4. The summed E-state index contributed by atoms with van der Waals surface area (Å²) in [5.74, 6) is -3.82. The van der Waals surface area contributed by atoms with Crippen LogP contribution >= 0.6 is 15.9 Å². The fourth-order valence-corrected chi connectivity index (χ4v) is 4.11. The lowest BCUT2D eigenvalue weighted by Gasteiger charge is -2.25. The summed E-state index contributed by atoms with van der Waals surface area (Å²) in [6, 6.07) is 1.69. The summed E-state index contributed by atoms with van der Waals surface area (Å²) in [4.78, 5) is 13.0. The fraction of sp³-hybridized carbons (Fsp3) is 0.500. The second kappa shape index (κ2) is 5.41. The average Bonchev–Trinajstić information content (AvgIpc) is 3.44. The van der Waals surface area contributed by atoms with Gasteiger partial charge in [0, 0.05) is 11.4 Å². The normalized spacial score (nSPS) is 24.5. The van der Waals surface area contributed by atoms with E-state index in [2.05, 4.69) is 21.2 Å². The number of halogens is 4. The third-order valence-corrected chi connectivity index (χ3v) is 5.98. The van der Waals surface area contributed by atoms with Gasteiger partial charge in [-0.1, -0.05) is 0 Å². The Morgan fingerprint density at radius 3 is 2.62 bits per heavy atom. The third-order valence-electron chi connectivity index (χ3n) is 5.38. The second-order valence-corrected chi connectivity index (χ2v) is 8.26. The minimum Gasteiger partial charge on any atom is -0.480 e. The van der Waals surface area contributed by atoms with Gasteiger partial charge in [-0.15, -0.1) is 0 Å². The topological polar surface area (TPSA) is 43.3 Å². The number of hydrogen-bond acceptors (Lipinski definition) is 3. The van der Waals surface area contributed by atoms with Crippen molar-refractivity contribution in [2.75, 3.05) is 11.9 Å². The van der Waals surface area contributed by atoms with Gasteiger partial charge in [-0.25, -0.2) is 13.2 Å². The van der Waals surface area contributed by atoms with Crippen LogP contribution in [0.1, 0.15) is 31.7 Å². The zero-order chi connectivity index (χ0) is 18.2. The van der Waals surface area contributed by atoms with E-state index in [4.69, 9.17) is 4.74 Å². The lowest BCUT2D eigenvalue weighted by molar-refractivity contribution is -0.0579. The van der Waals surface area contributed by atoms with Crippen molar-refractivity contribution in [1.82, 2.24) is 4.57 Å². The molecule has 1 aromatic carbocycles. The number of fused-ring (bicyclic) bond motifs is 3. The molecule has 5 rings (SSSR count). The molecule has 0 saturated heterocycles. The van der Waals surface area contributed by atoms with Gasteiger partial charge < -0.3 is 14.6 Å². The molecule has 1 N–H and O–H groups in total. The number of anilines is 1. The molecule has 1 atom stereocenters. The highest BCUT2D eigenvalue weighted by Gasteiger charge is 2.51. The van der Waals surface area contributed by atoms with Crippen LogP contribution in [0.3, 0.4) is 0 Å². The van der Waals surface area contributed by atoms with E-state index in [0.717, 1.165) is 25.7 Å². The van der Waals surface area contributed by atoms with Gasteiger partial charge in [0.25, 0.3) is 5.56 Å². The van der Waals surface area contributed by atoms with E-state index in [1.54, 1.807) is 0 Å². The average molecular weight is 429 g/mol. The Labute approximate surface area is 155 Å². The van der Waals surface area contributed by atoms with Crippen LogP contribution < -0.4 is 15.6 Å². The minimum atomic E-state index is -3.08. The largest absolute Gasteiger partial charge is 0.480 e. The predicted octanol–water partition coefficient (Wildman–Crippen LogP) is 4.46. The molecule has 138 valence electrons. The summed E-state index contributed by atoms with van der Waals surface area (Å²) >= 11 is 3.16. The molecule has 1 aromatic heterocycles. The van der Waals surface area contributed by atoms with Gasteiger partial charge in [-0.2, -0.15) is 0 Å². The maximum Gasteiger partial charge on any atom is 0.301 e. The van der Waals surface area contributed by atoms with Gasteiger partial charge in [-0.3, -0.25) is 4.79 Å². The summed E-state index contributed by atoms with van der Waals surface area (Å²) in [6.45, 7) is -0.831.